The van der Waals surface area contributed by atoms with Crippen molar-refractivity contribution in [2.45, 2.75) is 31.4 Å². The summed E-state index contributed by atoms with van der Waals surface area (Å²) in [6.45, 7) is 2.99. The fraction of sp³-hybridized carbons (Fsp3) is 0.300. The summed E-state index contributed by atoms with van der Waals surface area (Å²) in [5.41, 5.74) is 0. The number of rotatable bonds is 4. The summed E-state index contributed by atoms with van der Waals surface area (Å²) >= 11 is 0. The molecule has 1 saturated heterocycles. The van der Waals surface area contributed by atoms with Crippen molar-refractivity contribution in [2.24, 2.45) is 0 Å². The van der Waals surface area contributed by atoms with Gasteiger partial charge in [0.15, 0.2) is 0 Å². The maximum absolute atomic E-state index is 6.45. The Kier molecular flexibility index (Phi) is 4.91. The fourth-order valence-electron chi connectivity index (χ4n) is 3.62. The van der Waals surface area contributed by atoms with Gasteiger partial charge in [-0.15, -0.1) is 0 Å². The number of hydrogen-bond donors (Lipinski definition) is 0. The van der Waals surface area contributed by atoms with E-state index in [0.717, 1.165) is 13.0 Å². The number of benzene rings is 2. The smallest absolute Gasteiger partial charge is 0.143 e. The van der Waals surface area contributed by atoms with E-state index < -0.39 is 8.80 Å². The average Bonchev–Trinajstić information content (AvgIpc) is 2.58. The lowest BCUT2D eigenvalue weighted by Gasteiger charge is -2.41. The lowest BCUT2D eigenvalue weighted by molar-refractivity contribution is 0.0118. The van der Waals surface area contributed by atoms with Crippen molar-refractivity contribution < 1.29 is 4.74 Å². The Bertz CT molecular complexity index is 561. The van der Waals surface area contributed by atoms with E-state index in [4.69, 9.17) is 4.74 Å². The minimum atomic E-state index is -1.49. The summed E-state index contributed by atoms with van der Waals surface area (Å²) in [7, 11) is -1.49. The van der Waals surface area contributed by atoms with Crippen LogP contribution in [0.3, 0.4) is 0 Å². The molecule has 0 amide bonds. The van der Waals surface area contributed by atoms with Crippen LogP contribution in [0.5, 0.6) is 0 Å². The van der Waals surface area contributed by atoms with Crippen LogP contribution in [-0.4, -0.2) is 20.6 Å². The van der Waals surface area contributed by atoms with Crippen molar-refractivity contribution in [1.29, 1.82) is 0 Å². The molecule has 1 aliphatic heterocycles. The lowest BCUT2D eigenvalue weighted by atomic mass is 10.1. The van der Waals surface area contributed by atoms with Gasteiger partial charge >= 0.3 is 0 Å². The highest BCUT2D eigenvalue weighted by molar-refractivity contribution is 6.87. The third kappa shape index (κ3) is 3.08. The second kappa shape index (κ2) is 7.08. The van der Waals surface area contributed by atoms with Crippen LogP contribution in [0.25, 0.3) is 0 Å². The largest absolute Gasteiger partial charge is 0.374 e. The van der Waals surface area contributed by atoms with Crippen LogP contribution >= 0.6 is 0 Å². The summed E-state index contributed by atoms with van der Waals surface area (Å²) in [6.07, 6.45) is 8.09. The van der Waals surface area contributed by atoms with Crippen LogP contribution in [0.15, 0.2) is 72.8 Å². The highest BCUT2D eigenvalue weighted by atomic mass is 28.3. The van der Waals surface area contributed by atoms with Crippen LogP contribution in [-0.2, 0) is 4.74 Å². The number of hydrogen-bond acceptors (Lipinski definition) is 1. The van der Waals surface area contributed by atoms with Gasteiger partial charge in [0.25, 0.3) is 0 Å². The van der Waals surface area contributed by atoms with Crippen molar-refractivity contribution >= 4 is 19.2 Å². The first-order chi connectivity index (χ1) is 10.9. The van der Waals surface area contributed by atoms with E-state index in [-0.39, 0.29) is 5.22 Å². The van der Waals surface area contributed by atoms with Crippen LogP contribution in [0.1, 0.15) is 26.2 Å². The molecule has 1 atom stereocenters. The topological polar surface area (TPSA) is 9.23 Å². The molecular weight excluding hydrogens is 284 g/mol. The second-order valence-electron chi connectivity index (χ2n) is 6.01. The summed E-state index contributed by atoms with van der Waals surface area (Å²) in [5.74, 6) is 0. The van der Waals surface area contributed by atoms with Crippen molar-refractivity contribution in [1.82, 2.24) is 0 Å². The predicted molar refractivity (Wildman–Crippen MR) is 96.6 cm³/mol. The van der Waals surface area contributed by atoms with Gasteiger partial charge in [-0.3, -0.25) is 0 Å². The standard InChI is InChI=1S/C20H24OSi/c1-2-15-20(16-9-10-17-21-20)22(18-11-5-3-6-12-18)19-13-7-4-8-14-19/h2-8,11-15,22H,9-10,16-17H2,1H3. The Morgan fingerprint density at radius 1 is 0.909 bits per heavy atom. The fourth-order valence-corrected chi connectivity index (χ4v) is 7.51. The van der Waals surface area contributed by atoms with Gasteiger partial charge in [0.05, 0.1) is 5.22 Å². The molecule has 0 radical (unpaired) electrons. The van der Waals surface area contributed by atoms with Crippen LogP contribution in [0, 0.1) is 0 Å². The molecule has 0 aliphatic carbocycles. The first-order valence-corrected chi connectivity index (χ1v) is 9.97. The monoisotopic (exact) mass is 308 g/mol. The number of ether oxygens (including phenoxy) is 1. The normalized spacial score (nSPS) is 22.3. The molecule has 3 rings (SSSR count). The highest BCUT2D eigenvalue weighted by Gasteiger charge is 2.41. The highest BCUT2D eigenvalue weighted by Crippen LogP contribution is 2.29. The minimum Gasteiger partial charge on any atom is -0.374 e. The van der Waals surface area contributed by atoms with E-state index in [9.17, 15) is 0 Å². The van der Waals surface area contributed by atoms with Gasteiger partial charge in [0.1, 0.15) is 8.80 Å². The third-order valence-electron chi connectivity index (χ3n) is 4.54. The summed E-state index contributed by atoms with van der Waals surface area (Å²) in [5, 5.41) is 2.85. The molecule has 2 heteroatoms. The SMILES string of the molecule is CC=CC1([SiH](c2ccccc2)c2ccccc2)CCCCO1. The van der Waals surface area contributed by atoms with Gasteiger partial charge in [-0.1, -0.05) is 83.2 Å². The van der Waals surface area contributed by atoms with Crippen LogP contribution in [0.2, 0.25) is 0 Å². The van der Waals surface area contributed by atoms with Crippen molar-refractivity contribution in [3.63, 3.8) is 0 Å². The Balaban J connectivity index is 2.11. The zero-order valence-corrected chi connectivity index (χ0v) is 14.4. The van der Waals surface area contributed by atoms with Gasteiger partial charge in [-0.05, 0) is 26.2 Å². The minimum absolute atomic E-state index is 0.0876. The maximum Gasteiger partial charge on any atom is 0.143 e. The molecule has 114 valence electrons. The Morgan fingerprint density at radius 3 is 1.95 bits per heavy atom. The lowest BCUT2D eigenvalue weighted by Crippen LogP contribution is -2.62. The zero-order valence-electron chi connectivity index (χ0n) is 13.2. The molecule has 0 bridgehead atoms. The molecular formula is C20H24OSi. The number of allylic oxidation sites excluding steroid dienone is 1. The molecule has 1 unspecified atom stereocenters. The Morgan fingerprint density at radius 2 is 1.50 bits per heavy atom. The van der Waals surface area contributed by atoms with Crippen molar-refractivity contribution in [2.75, 3.05) is 6.61 Å². The molecule has 0 saturated carbocycles. The van der Waals surface area contributed by atoms with E-state index in [2.05, 4.69) is 79.7 Å². The summed E-state index contributed by atoms with van der Waals surface area (Å²) in [4.78, 5) is 0. The molecule has 22 heavy (non-hydrogen) atoms. The van der Waals surface area contributed by atoms with Crippen LogP contribution < -0.4 is 10.4 Å². The van der Waals surface area contributed by atoms with Gasteiger partial charge in [-0.25, -0.2) is 0 Å². The van der Waals surface area contributed by atoms with Gasteiger partial charge < -0.3 is 4.74 Å². The Hall–Kier alpha value is -1.64. The molecule has 1 nitrogen and oxygen atoms in total. The molecule has 0 aromatic heterocycles. The Labute approximate surface area is 135 Å². The van der Waals surface area contributed by atoms with Gasteiger partial charge in [-0.2, -0.15) is 0 Å². The van der Waals surface area contributed by atoms with Crippen molar-refractivity contribution in [3.8, 4) is 0 Å². The first-order valence-electron chi connectivity index (χ1n) is 8.23. The van der Waals surface area contributed by atoms with E-state index in [1.165, 1.54) is 23.2 Å². The van der Waals surface area contributed by atoms with Crippen molar-refractivity contribution in [3.05, 3.63) is 72.8 Å². The molecule has 2 aromatic carbocycles. The predicted octanol–water partition coefficient (Wildman–Crippen LogP) is 3.08. The third-order valence-corrected chi connectivity index (χ3v) is 8.26. The molecule has 2 aromatic rings. The van der Waals surface area contributed by atoms with E-state index in [1.54, 1.807) is 0 Å². The average molecular weight is 308 g/mol. The quantitative estimate of drug-likeness (QED) is 0.623. The van der Waals surface area contributed by atoms with E-state index in [0.29, 0.717) is 0 Å². The molecule has 1 aliphatic rings. The maximum atomic E-state index is 6.45. The molecule has 0 N–H and O–H groups in total. The van der Waals surface area contributed by atoms with Gasteiger partial charge in [0, 0.05) is 6.61 Å². The van der Waals surface area contributed by atoms with Gasteiger partial charge in [0.2, 0.25) is 0 Å². The molecule has 1 heterocycles. The second-order valence-corrected chi connectivity index (χ2v) is 9.19. The van der Waals surface area contributed by atoms with E-state index in [1.807, 2.05) is 0 Å². The summed E-state index contributed by atoms with van der Waals surface area (Å²) in [6, 6.07) is 22.0. The van der Waals surface area contributed by atoms with Crippen LogP contribution in [0.4, 0.5) is 0 Å². The van der Waals surface area contributed by atoms with E-state index >= 15 is 0 Å². The molecule has 0 spiro atoms. The zero-order chi connectivity index (χ0) is 15.3. The molecule has 1 fully saturated rings. The summed E-state index contributed by atoms with van der Waals surface area (Å²) < 4.78 is 6.45. The first kappa shape index (κ1) is 15.3.